The Morgan fingerprint density at radius 2 is 1.21 bits per heavy atom. The Hall–Kier alpha value is -2.58. The van der Waals surface area contributed by atoms with Gasteiger partial charge in [0.25, 0.3) is 0 Å². The molecule has 1 aliphatic heterocycles. The molecule has 0 aliphatic carbocycles. The molecule has 3 aromatic carbocycles. The fourth-order valence-electron chi connectivity index (χ4n) is 3.88. The molecule has 0 bridgehead atoms. The lowest BCUT2D eigenvalue weighted by molar-refractivity contribution is -0.385. The predicted octanol–water partition coefficient (Wildman–Crippen LogP) is 4.98. The van der Waals surface area contributed by atoms with E-state index >= 15 is 0 Å². The van der Waals surface area contributed by atoms with Crippen LogP contribution < -0.4 is 0 Å². The predicted molar refractivity (Wildman–Crippen MR) is 123 cm³/mol. The van der Waals surface area contributed by atoms with E-state index in [1.54, 1.807) is 0 Å². The third-order valence-electron chi connectivity index (χ3n) is 5.59. The van der Waals surface area contributed by atoms with Crippen molar-refractivity contribution >= 4 is 0 Å². The van der Waals surface area contributed by atoms with Gasteiger partial charge in [-0.15, -0.1) is 0 Å². The third-order valence-corrected chi connectivity index (χ3v) is 5.59. The first kappa shape index (κ1) is 23.6. The van der Waals surface area contributed by atoms with Crippen LogP contribution in [0, 0.1) is 0 Å². The summed E-state index contributed by atoms with van der Waals surface area (Å²) in [6.07, 6.45) is -1.67. The first-order valence-corrected chi connectivity index (χ1v) is 11.2. The van der Waals surface area contributed by atoms with E-state index in [1.165, 1.54) is 0 Å². The Morgan fingerprint density at radius 3 is 1.76 bits per heavy atom. The summed E-state index contributed by atoms with van der Waals surface area (Å²) in [5.74, 6) is 0. The Bertz CT molecular complexity index is 921. The Labute approximate surface area is 194 Å². The summed E-state index contributed by atoms with van der Waals surface area (Å²) >= 11 is 0. The van der Waals surface area contributed by atoms with Crippen molar-refractivity contribution in [3.05, 3.63) is 108 Å². The highest BCUT2D eigenvalue weighted by Crippen LogP contribution is 2.28. The summed E-state index contributed by atoms with van der Waals surface area (Å²) in [5.41, 5.74) is 3.19. The largest absolute Gasteiger partial charge is 0.374 e. The number of hydrogen-bond acceptors (Lipinski definition) is 6. The summed E-state index contributed by atoms with van der Waals surface area (Å²) in [6.45, 7) is 1.57. The lowest BCUT2D eigenvalue weighted by atomic mass is 10.0. The standard InChI is InChI=1S/C27H30O6/c28-33-26-16-24(30-18-22-12-6-2-7-13-22)27(31-19-23-14-8-3-9-15-23)25(32-26)20-29-17-21-10-4-1-5-11-21/h1-15,24-28H,16-20H2/t24-,25?,26+,27+/m0/s1. The molecule has 0 radical (unpaired) electrons. The average Bonchev–Trinajstić information content (AvgIpc) is 2.88. The minimum atomic E-state index is -0.812. The molecule has 3 aromatic rings. The monoisotopic (exact) mass is 450 g/mol. The van der Waals surface area contributed by atoms with Crippen LogP contribution in [0.15, 0.2) is 91.0 Å². The average molecular weight is 451 g/mol. The molecule has 0 spiro atoms. The Kier molecular flexibility index (Phi) is 9.00. The Balaban J connectivity index is 1.44. The molecular formula is C27H30O6. The molecule has 0 amide bonds. The van der Waals surface area contributed by atoms with E-state index in [1.807, 2.05) is 91.0 Å². The third kappa shape index (κ3) is 7.20. The number of hydrogen-bond donors (Lipinski definition) is 1. The second-order valence-electron chi connectivity index (χ2n) is 8.04. The van der Waals surface area contributed by atoms with Crippen molar-refractivity contribution < 1.29 is 29.1 Å². The van der Waals surface area contributed by atoms with Crippen molar-refractivity contribution in [2.45, 2.75) is 50.8 Å². The summed E-state index contributed by atoms with van der Waals surface area (Å²) in [7, 11) is 0. The van der Waals surface area contributed by atoms with E-state index in [2.05, 4.69) is 4.89 Å². The van der Waals surface area contributed by atoms with Crippen molar-refractivity contribution in [1.29, 1.82) is 0 Å². The number of ether oxygens (including phenoxy) is 4. The molecule has 1 heterocycles. The van der Waals surface area contributed by atoms with E-state index < -0.39 is 18.5 Å². The first-order valence-electron chi connectivity index (χ1n) is 11.2. The van der Waals surface area contributed by atoms with Gasteiger partial charge in [-0.3, -0.25) is 0 Å². The zero-order valence-electron chi connectivity index (χ0n) is 18.5. The molecule has 4 atom stereocenters. The molecule has 1 fully saturated rings. The van der Waals surface area contributed by atoms with Gasteiger partial charge in [-0.25, -0.2) is 10.1 Å². The van der Waals surface area contributed by atoms with Gasteiger partial charge >= 0.3 is 0 Å². The normalized spacial score (nSPS) is 22.8. The molecule has 1 aliphatic rings. The fourth-order valence-corrected chi connectivity index (χ4v) is 3.88. The van der Waals surface area contributed by atoms with Gasteiger partial charge in [-0.2, -0.15) is 0 Å². The van der Waals surface area contributed by atoms with Crippen molar-refractivity contribution in [1.82, 2.24) is 0 Å². The summed E-state index contributed by atoms with van der Waals surface area (Å²) < 4.78 is 24.5. The van der Waals surface area contributed by atoms with Crippen molar-refractivity contribution in [3.63, 3.8) is 0 Å². The zero-order valence-corrected chi connectivity index (χ0v) is 18.5. The lowest BCUT2D eigenvalue weighted by Gasteiger charge is -2.40. The van der Waals surface area contributed by atoms with Gasteiger partial charge in [0.1, 0.15) is 12.2 Å². The molecule has 0 aromatic heterocycles. The smallest absolute Gasteiger partial charge is 0.194 e. The molecule has 174 valence electrons. The van der Waals surface area contributed by atoms with Gasteiger partial charge in [0.15, 0.2) is 6.29 Å². The van der Waals surface area contributed by atoms with Crippen LogP contribution in [-0.2, 0) is 43.7 Å². The molecule has 4 rings (SSSR count). The Morgan fingerprint density at radius 1 is 0.697 bits per heavy atom. The maximum Gasteiger partial charge on any atom is 0.194 e. The SMILES string of the molecule is OO[C@@H]1C[C@H](OCc2ccccc2)[C@@H](OCc2ccccc2)C(COCc2ccccc2)O1. The van der Waals surface area contributed by atoms with Gasteiger partial charge in [0.2, 0.25) is 0 Å². The highest BCUT2D eigenvalue weighted by Gasteiger charge is 2.41. The van der Waals surface area contributed by atoms with Crippen LogP contribution in [0.25, 0.3) is 0 Å². The van der Waals surface area contributed by atoms with Crippen LogP contribution in [0.4, 0.5) is 0 Å². The van der Waals surface area contributed by atoms with Crippen LogP contribution in [0.1, 0.15) is 23.1 Å². The maximum absolute atomic E-state index is 9.35. The van der Waals surface area contributed by atoms with Crippen molar-refractivity contribution in [3.8, 4) is 0 Å². The van der Waals surface area contributed by atoms with Gasteiger partial charge in [-0.1, -0.05) is 91.0 Å². The minimum Gasteiger partial charge on any atom is -0.374 e. The van der Waals surface area contributed by atoms with E-state index in [-0.39, 0.29) is 12.7 Å². The highest BCUT2D eigenvalue weighted by atomic mass is 17.1. The fraction of sp³-hybridized carbons (Fsp3) is 0.333. The first-order chi connectivity index (χ1) is 16.3. The van der Waals surface area contributed by atoms with Crippen molar-refractivity contribution in [2.75, 3.05) is 6.61 Å². The van der Waals surface area contributed by atoms with E-state index in [0.717, 1.165) is 16.7 Å². The molecule has 1 saturated heterocycles. The second-order valence-corrected chi connectivity index (χ2v) is 8.04. The van der Waals surface area contributed by atoms with Crippen LogP contribution in [-0.4, -0.2) is 36.5 Å². The van der Waals surface area contributed by atoms with Crippen LogP contribution >= 0.6 is 0 Å². The van der Waals surface area contributed by atoms with Crippen LogP contribution in [0.5, 0.6) is 0 Å². The van der Waals surface area contributed by atoms with E-state index in [9.17, 15) is 5.26 Å². The van der Waals surface area contributed by atoms with Gasteiger partial charge in [-0.05, 0) is 16.7 Å². The van der Waals surface area contributed by atoms with Crippen LogP contribution in [0.2, 0.25) is 0 Å². The number of rotatable bonds is 11. The quantitative estimate of drug-likeness (QED) is 0.328. The molecule has 0 saturated carbocycles. The summed E-state index contributed by atoms with van der Waals surface area (Å²) in [6, 6.07) is 29.9. The lowest BCUT2D eigenvalue weighted by Crippen LogP contribution is -2.52. The molecule has 33 heavy (non-hydrogen) atoms. The van der Waals surface area contributed by atoms with E-state index in [0.29, 0.717) is 26.2 Å². The minimum absolute atomic E-state index is 0.277. The summed E-state index contributed by atoms with van der Waals surface area (Å²) in [5, 5.41) is 9.35. The van der Waals surface area contributed by atoms with E-state index in [4.69, 9.17) is 18.9 Å². The molecular weight excluding hydrogens is 420 g/mol. The zero-order chi connectivity index (χ0) is 22.7. The van der Waals surface area contributed by atoms with Gasteiger partial charge in [0.05, 0.1) is 32.5 Å². The molecule has 6 heteroatoms. The highest BCUT2D eigenvalue weighted by molar-refractivity contribution is 5.15. The van der Waals surface area contributed by atoms with Gasteiger partial charge < -0.3 is 18.9 Å². The van der Waals surface area contributed by atoms with Gasteiger partial charge in [0, 0.05) is 6.42 Å². The van der Waals surface area contributed by atoms with Crippen molar-refractivity contribution in [2.24, 2.45) is 0 Å². The second kappa shape index (κ2) is 12.6. The molecule has 1 N–H and O–H groups in total. The molecule has 6 nitrogen and oxygen atoms in total. The number of benzene rings is 3. The molecule has 1 unspecified atom stereocenters. The van der Waals surface area contributed by atoms with Crippen LogP contribution in [0.3, 0.4) is 0 Å². The summed E-state index contributed by atoms with van der Waals surface area (Å²) in [4.78, 5) is 4.57. The maximum atomic E-state index is 9.35. The topological polar surface area (TPSA) is 66.4 Å².